The van der Waals surface area contributed by atoms with E-state index < -0.39 is 0 Å². The summed E-state index contributed by atoms with van der Waals surface area (Å²) in [5.41, 5.74) is 1.32. The largest absolute Gasteiger partial charge is 0.462 e. The van der Waals surface area contributed by atoms with Crippen LogP contribution in [0.3, 0.4) is 0 Å². The van der Waals surface area contributed by atoms with Gasteiger partial charge < -0.3 is 15.0 Å². The average Bonchev–Trinajstić information content (AvgIpc) is 2.38. The molecule has 0 fully saturated rings. The molecule has 4 heteroatoms. The Balaban J connectivity index is 2.05. The van der Waals surface area contributed by atoms with Crippen LogP contribution in [0.2, 0.25) is 0 Å². The lowest BCUT2D eigenvalue weighted by atomic mass is 10.2. The van der Waals surface area contributed by atoms with Crippen molar-refractivity contribution in [2.24, 2.45) is 0 Å². The third kappa shape index (κ3) is 7.92. The number of hydrogen-bond acceptors (Lipinski definition) is 4. The topological polar surface area (TPSA) is 41.6 Å². The molecule has 0 bridgehead atoms. The molecule has 0 amide bonds. The average molecular weight is 278 g/mol. The first-order valence-electron chi connectivity index (χ1n) is 7.20. The van der Waals surface area contributed by atoms with E-state index in [1.807, 2.05) is 19.9 Å². The van der Waals surface area contributed by atoms with Crippen LogP contribution in [0.15, 0.2) is 30.3 Å². The molecule has 0 spiro atoms. The predicted molar refractivity (Wildman–Crippen MR) is 81.5 cm³/mol. The first-order valence-corrected chi connectivity index (χ1v) is 7.20. The molecule has 0 aliphatic carbocycles. The molecule has 0 aliphatic rings. The maximum atomic E-state index is 11.3. The number of esters is 1. The fourth-order valence-corrected chi connectivity index (χ4v) is 1.94. The molecule has 0 unspecified atom stereocenters. The standard InChI is InChI=1S/C16H26N2O2/c1-14(2)20-16(19)12-17-10-7-11-18(3)13-15-8-5-4-6-9-15/h4-6,8-9,14,17H,7,10-13H2,1-3H3. The fourth-order valence-electron chi connectivity index (χ4n) is 1.94. The lowest BCUT2D eigenvalue weighted by Crippen LogP contribution is -2.29. The van der Waals surface area contributed by atoms with Gasteiger partial charge in [-0.25, -0.2) is 0 Å². The number of ether oxygens (including phenoxy) is 1. The van der Waals surface area contributed by atoms with Crippen molar-refractivity contribution in [1.29, 1.82) is 0 Å². The Morgan fingerprint density at radius 2 is 2.00 bits per heavy atom. The second kappa shape index (κ2) is 9.50. The monoisotopic (exact) mass is 278 g/mol. The number of hydrogen-bond donors (Lipinski definition) is 1. The van der Waals surface area contributed by atoms with E-state index >= 15 is 0 Å². The molecule has 1 N–H and O–H groups in total. The molecule has 0 saturated carbocycles. The Kier molecular flexibility index (Phi) is 7.92. The number of nitrogens with one attached hydrogen (secondary N) is 1. The second-order valence-electron chi connectivity index (χ2n) is 5.29. The van der Waals surface area contributed by atoms with Crippen molar-refractivity contribution in [3.63, 3.8) is 0 Å². The van der Waals surface area contributed by atoms with Crippen LogP contribution in [0.4, 0.5) is 0 Å². The van der Waals surface area contributed by atoms with Gasteiger partial charge in [0.05, 0.1) is 12.6 Å². The summed E-state index contributed by atoms with van der Waals surface area (Å²) in [4.78, 5) is 13.6. The van der Waals surface area contributed by atoms with E-state index in [-0.39, 0.29) is 12.1 Å². The van der Waals surface area contributed by atoms with Crippen molar-refractivity contribution in [2.45, 2.75) is 32.9 Å². The molecule has 112 valence electrons. The molecule has 0 aliphatic heterocycles. The second-order valence-corrected chi connectivity index (χ2v) is 5.29. The van der Waals surface area contributed by atoms with Crippen molar-refractivity contribution < 1.29 is 9.53 Å². The lowest BCUT2D eigenvalue weighted by molar-refractivity contribution is -0.146. The summed E-state index contributed by atoms with van der Waals surface area (Å²) in [6.07, 6.45) is 0.972. The number of rotatable bonds is 9. The van der Waals surface area contributed by atoms with Crippen molar-refractivity contribution in [1.82, 2.24) is 10.2 Å². The zero-order chi connectivity index (χ0) is 14.8. The molecule has 20 heavy (non-hydrogen) atoms. The SMILES string of the molecule is CC(C)OC(=O)CNCCCN(C)Cc1ccccc1. The minimum Gasteiger partial charge on any atom is -0.462 e. The maximum absolute atomic E-state index is 11.3. The first-order chi connectivity index (χ1) is 9.58. The van der Waals surface area contributed by atoms with Crippen LogP contribution in [0.5, 0.6) is 0 Å². The molecule has 0 heterocycles. The van der Waals surface area contributed by atoms with Crippen molar-refractivity contribution in [2.75, 3.05) is 26.7 Å². The molecular weight excluding hydrogens is 252 g/mol. The van der Waals surface area contributed by atoms with Gasteiger partial charge in [-0.15, -0.1) is 0 Å². The third-order valence-electron chi connectivity index (χ3n) is 2.83. The minimum absolute atomic E-state index is 0.0405. The van der Waals surface area contributed by atoms with E-state index in [4.69, 9.17) is 4.74 Å². The summed E-state index contributed by atoms with van der Waals surface area (Å²) in [6.45, 7) is 6.79. The third-order valence-corrected chi connectivity index (χ3v) is 2.83. The highest BCUT2D eigenvalue weighted by molar-refractivity contribution is 5.71. The predicted octanol–water partition coefficient (Wildman–Crippen LogP) is 2.05. The Morgan fingerprint density at radius 1 is 1.30 bits per heavy atom. The number of carbonyl (C=O) groups is 1. The van der Waals surface area contributed by atoms with Crippen LogP contribution in [-0.4, -0.2) is 43.7 Å². The highest BCUT2D eigenvalue weighted by Crippen LogP contribution is 2.02. The molecule has 1 aromatic carbocycles. The van der Waals surface area contributed by atoms with Gasteiger partial charge in [-0.3, -0.25) is 4.79 Å². The number of nitrogens with zero attached hydrogens (tertiary/aromatic N) is 1. The lowest BCUT2D eigenvalue weighted by Gasteiger charge is -2.16. The smallest absolute Gasteiger partial charge is 0.320 e. The normalized spacial score (nSPS) is 11.1. The van der Waals surface area contributed by atoms with Gasteiger partial charge in [-0.2, -0.15) is 0 Å². The van der Waals surface area contributed by atoms with Crippen molar-refractivity contribution >= 4 is 5.97 Å². The molecule has 0 radical (unpaired) electrons. The van der Waals surface area contributed by atoms with Gasteiger partial charge in [0.2, 0.25) is 0 Å². The van der Waals surface area contributed by atoms with Crippen molar-refractivity contribution in [3.8, 4) is 0 Å². The van der Waals surface area contributed by atoms with Crippen LogP contribution >= 0.6 is 0 Å². The molecule has 0 aromatic heterocycles. The van der Waals surface area contributed by atoms with Gasteiger partial charge in [-0.1, -0.05) is 30.3 Å². The fraction of sp³-hybridized carbons (Fsp3) is 0.562. The van der Waals surface area contributed by atoms with Crippen LogP contribution in [-0.2, 0) is 16.1 Å². The summed E-state index contributed by atoms with van der Waals surface area (Å²) in [5.74, 6) is -0.183. The highest BCUT2D eigenvalue weighted by atomic mass is 16.5. The molecule has 0 atom stereocenters. The maximum Gasteiger partial charge on any atom is 0.320 e. The molecule has 1 aromatic rings. The van der Waals surface area contributed by atoms with Gasteiger partial charge in [0.15, 0.2) is 0 Å². The van der Waals surface area contributed by atoms with E-state index in [0.29, 0.717) is 6.54 Å². The molecule has 4 nitrogen and oxygen atoms in total. The van der Waals surface area contributed by atoms with Gasteiger partial charge in [0.25, 0.3) is 0 Å². The minimum atomic E-state index is -0.183. The summed E-state index contributed by atoms with van der Waals surface area (Å²) >= 11 is 0. The number of carbonyl (C=O) groups excluding carboxylic acids is 1. The van der Waals surface area contributed by atoms with Gasteiger partial charge in [0, 0.05) is 6.54 Å². The van der Waals surface area contributed by atoms with E-state index in [9.17, 15) is 4.79 Å². The molecular formula is C16H26N2O2. The van der Waals surface area contributed by atoms with Gasteiger partial charge in [-0.05, 0) is 46.0 Å². The molecule has 0 saturated heterocycles. The van der Waals surface area contributed by atoms with Gasteiger partial charge >= 0.3 is 5.97 Å². The zero-order valence-corrected chi connectivity index (χ0v) is 12.8. The Hall–Kier alpha value is -1.39. The summed E-state index contributed by atoms with van der Waals surface area (Å²) in [7, 11) is 2.11. The number of benzene rings is 1. The van der Waals surface area contributed by atoms with Crippen LogP contribution in [0, 0.1) is 0 Å². The summed E-state index contributed by atoms with van der Waals surface area (Å²) in [6, 6.07) is 10.4. The van der Waals surface area contributed by atoms with E-state index in [1.165, 1.54) is 5.56 Å². The van der Waals surface area contributed by atoms with Crippen LogP contribution in [0.1, 0.15) is 25.8 Å². The van der Waals surface area contributed by atoms with Gasteiger partial charge in [0.1, 0.15) is 0 Å². The Labute approximate surface area is 122 Å². The summed E-state index contributed by atoms with van der Waals surface area (Å²) in [5, 5.41) is 3.11. The van der Waals surface area contributed by atoms with Crippen LogP contribution in [0.25, 0.3) is 0 Å². The quantitative estimate of drug-likeness (QED) is 0.554. The van der Waals surface area contributed by atoms with E-state index in [2.05, 4.69) is 41.5 Å². The Morgan fingerprint density at radius 3 is 2.65 bits per heavy atom. The van der Waals surface area contributed by atoms with Crippen LogP contribution < -0.4 is 5.32 Å². The molecule has 1 rings (SSSR count). The zero-order valence-electron chi connectivity index (χ0n) is 12.8. The first kappa shape index (κ1) is 16.7. The Bertz CT molecular complexity index is 379. The van der Waals surface area contributed by atoms with E-state index in [1.54, 1.807) is 0 Å². The van der Waals surface area contributed by atoms with E-state index in [0.717, 1.165) is 26.1 Å². The van der Waals surface area contributed by atoms with Crippen molar-refractivity contribution in [3.05, 3.63) is 35.9 Å². The summed E-state index contributed by atoms with van der Waals surface area (Å²) < 4.78 is 5.05. The highest BCUT2D eigenvalue weighted by Gasteiger charge is 2.04.